The fraction of sp³-hybridized carbons (Fsp3) is 0.364. The summed E-state index contributed by atoms with van der Waals surface area (Å²) in [5.74, 6) is 0.493. The molecule has 1 aromatic rings. The van der Waals surface area contributed by atoms with E-state index in [0.29, 0.717) is 11.6 Å². The summed E-state index contributed by atoms with van der Waals surface area (Å²) >= 11 is 0. The molecule has 4 heteroatoms. The van der Waals surface area contributed by atoms with Crippen molar-refractivity contribution in [1.82, 2.24) is 4.98 Å². The molecule has 0 radical (unpaired) electrons. The second-order valence-corrected chi connectivity index (χ2v) is 3.01. The monoisotopic (exact) mass is 208 g/mol. The van der Waals surface area contributed by atoms with E-state index in [1.807, 2.05) is 13.0 Å². The van der Waals surface area contributed by atoms with Gasteiger partial charge in [0, 0.05) is 13.1 Å². The minimum Gasteiger partial charge on any atom is -0.481 e. The molecule has 82 valence electrons. The van der Waals surface area contributed by atoms with E-state index < -0.39 is 6.10 Å². The second kappa shape index (κ2) is 5.36. The molecule has 1 rings (SSSR count). The van der Waals surface area contributed by atoms with Gasteiger partial charge in [-0.1, -0.05) is 12.2 Å². The number of anilines is 1. The molecule has 0 spiro atoms. The average Bonchev–Trinajstić information content (AvgIpc) is 2.28. The SMILES string of the molecule is C/C=C/C(O)c1nc(OC)ccc1NC. The molecule has 0 aliphatic carbocycles. The van der Waals surface area contributed by atoms with Crippen molar-refractivity contribution in [2.75, 3.05) is 19.5 Å². The van der Waals surface area contributed by atoms with E-state index in [0.717, 1.165) is 5.69 Å². The number of rotatable bonds is 4. The minimum absolute atomic E-state index is 0.493. The third kappa shape index (κ3) is 2.70. The number of aliphatic hydroxyl groups excluding tert-OH is 1. The van der Waals surface area contributed by atoms with Gasteiger partial charge in [0.25, 0.3) is 0 Å². The smallest absolute Gasteiger partial charge is 0.213 e. The number of methoxy groups -OCH3 is 1. The van der Waals surface area contributed by atoms with Crippen LogP contribution in [0.25, 0.3) is 0 Å². The largest absolute Gasteiger partial charge is 0.481 e. The lowest BCUT2D eigenvalue weighted by Gasteiger charge is -2.12. The van der Waals surface area contributed by atoms with Crippen molar-refractivity contribution >= 4 is 5.69 Å². The lowest BCUT2D eigenvalue weighted by molar-refractivity contribution is 0.222. The van der Waals surface area contributed by atoms with Crippen LogP contribution in [0.5, 0.6) is 5.88 Å². The fourth-order valence-corrected chi connectivity index (χ4v) is 1.28. The third-order valence-electron chi connectivity index (χ3n) is 2.03. The Hall–Kier alpha value is -1.55. The zero-order valence-electron chi connectivity index (χ0n) is 9.19. The molecule has 1 atom stereocenters. The van der Waals surface area contributed by atoms with E-state index in [4.69, 9.17) is 4.74 Å². The van der Waals surface area contributed by atoms with Crippen LogP contribution in [-0.2, 0) is 0 Å². The van der Waals surface area contributed by atoms with Gasteiger partial charge in [-0.15, -0.1) is 0 Å². The van der Waals surface area contributed by atoms with Crippen LogP contribution in [0.3, 0.4) is 0 Å². The summed E-state index contributed by atoms with van der Waals surface area (Å²) < 4.78 is 5.01. The molecule has 1 heterocycles. The first-order valence-corrected chi connectivity index (χ1v) is 4.76. The van der Waals surface area contributed by atoms with Gasteiger partial charge in [0.1, 0.15) is 6.10 Å². The molecule has 0 saturated heterocycles. The summed E-state index contributed by atoms with van der Waals surface area (Å²) in [7, 11) is 3.34. The number of allylic oxidation sites excluding steroid dienone is 1. The predicted molar refractivity (Wildman–Crippen MR) is 60.1 cm³/mol. The first-order chi connectivity index (χ1) is 7.22. The van der Waals surface area contributed by atoms with Gasteiger partial charge < -0.3 is 15.2 Å². The molecule has 0 bridgehead atoms. The number of aliphatic hydroxyl groups is 1. The molecule has 4 nitrogen and oxygen atoms in total. The van der Waals surface area contributed by atoms with E-state index in [1.165, 1.54) is 0 Å². The van der Waals surface area contributed by atoms with Gasteiger partial charge in [-0.25, -0.2) is 4.98 Å². The molecule has 2 N–H and O–H groups in total. The van der Waals surface area contributed by atoms with Gasteiger partial charge in [-0.3, -0.25) is 0 Å². The van der Waals surface area contributed by atoms with Gasteiger partial charge in [-0.05, 0) is 13.0 Å². The zero-order valence-corrected chi connectivity index (χ0v) is 9.19. The molecular formula is C11H16N2O2. The molecule has 0 aliphatic rings. The van der Waals surface area contributed by atoms with Crippen LogP contribution >= 0.6 is 0 Å². The van der Waals surface area contributed by atoms with Gasteiger partial charge in [0.2, 0.25) is 5.88 Å². The lowest BCUT2D eigenvalue weighted by Crippen LogP contribution is -2.04. The van der Waals surface area contributed by atoms with Crippen LogP contribution in [-0.4, -0.2) is 24.2 Å². The van der Waals surface area contributed by atoms with Crippen molar-refractivity contribution in [3.63, 3.8) is 0 Å². The molecule has 1 unspecified atom stereocenters. The summed E-state index contributed by atoms with van der Waals surface area (Å²) in [4.78, 5) is 4.19. The highest BCUT2D eigenvalue weighted by Gasteiger charge is 2.11. The molecule has 0 amide bonds. The maximum atomic E-state index is 9.81. The summed E-state index contributed by atoms with van der Waals surface area (Å²) in [6.07, 6.45) is 2.74. The van der Waals surface area contributed by atoms with Crippen molar-refractivity contribution < 1.29 is 9.84 Å². The van der Waals surface area contributed by atoms with E-state index in [1.54, 1.807) is 32.4 Å². The topological polar surface area (TPSA) is 54.4 Å². The maximum Gasteiger partial charge on any atom is 0.213 e. The number of ether oxygens (including phenoxy) is 1. The van der Waals surface area contributed by atoms with Crippen molar-refractivity contribution in [3.8, 4) is 5.88 Å². The summed E-state index contributed by atoms with van der Waals surface area (Å²) in [5.41, 5.74) is 1.36. The molecule has 0 fully saturated rings. The predicted octanol–water partition coefficient (Wildman–Crippen LogP) is 1.74. The molecule has 0 saturated carbocycles. The Morgan fingerprint density at radius 1 is 1.53 bits per heavy atom. The van der Waals surface area contributed by atoms with Crippen molar-refractivity contribution in [2.45, 2.75) is 13.0 Å². The van der Waals surface area contributed by atoms with Crippen LogP contribution < -0.4 is 10.1 Å². The van der Waals surface area contributed by atoms with E-state index in [2.05, 4.69) is 10.3 Å². The summed E-state index contributed by atoms with van der Waals surface area (Å²) in [6, 6.07) is 3.58. The van der Waals surface area contributed by atoms with Crippen molar-refractivity contribution in [1.29, 1.82) is 0 Å². The van der Waals surface area contributed by atoms with E-state index >= 15 is 0 Å². The molecule has 0 aliphatic heterocycles. The number of hydrogen-bond donors (Lipinski definition) is 2. The van der Waals surface area contributed by atoms with Crippen LogP contribution in [0, 0.1) is 0 Å². The lowest BCUT2D eigenvalue weighted by atomic mass is 10.2. The maximum absolute atomic E-state index is 9.81. The number of nitrogens with zero attached hydrogens (tertiary/aromatic N) is 1. The highest BCUT2D eigenvalue weighted by atomic mass is 16.5. The Labute approximate surface area is 89.6 Å². The molecule has 0 aromatic carbocycles. The highest BCUT2D eigenvalue weighted by Crippen LogP contribution is 2.24. The van der Waals surface area contributed by atoms with Gasteiger partial charge in [-0.2, -0.15) is 0 Å². The first kappa shape index (κ1) is 11.5. The van der Waals surface area contributed by atoms with Crippen molar-refractivity contribution in [2.24, 2.45) is 0 Å². The van der Waals surface area contributed by atoms with E-state index in [9.17, 15) is 5.11 Å². The molecule has 1 aromatic heterocycles. The number of hydrogen-bond acceptors (Lipinski definition) is 4. The third-order valence-corrected chi connectivity index (χ3v) is 2.03. The quantitative estimate of drug-likeness (QED) is 0.740. The Bertz CT molecular complexity index is 350. The second-order valence-electron chi connectivity index (χ2n) is 3.01. The Balaban J connectivity index is 3.10. The molecular weight excluding hydrogens is 192 g/mol. The standard InChI is InChI=1S/C11H16N2O2/c1-4-5-9(14)11-8(12-2)6-7-10(13-11)15-3/h4-7,9,12,14H,1-3H3/b5-4+. The normalized spacial score (nSPS) is 12.8. The highest BCUT2D eigenvalue weighted by molar-refractivity contribution is 5.50. The summed E-state index contributed by atoms with van der Waals surface area (Å²) in [6.45, 7) is 1.85. The van der Waals surface area contributed by atoms with E-state index in [-0.39, 0.29) is 0 Å². The summed E-state index contributed by atoms with van der Waals surface area (Å²) in [5, 5.41) is 12.8. The zero-order chi connectivity index (χ0) is 11.3. The van der Waals surface area contributed by atoms with Gasteiger partial charge in [0.05, 0.1) is 18.5 Å². The number of nitrogens with one attached hydrogen (secondary N) is 1. The first-order valence-electron chi connectivity index (χ1n) is 4.76. The van der Waals surface area contributed by atoms with Gasteiger partial charge >= 0.3 is 0 Å². The van der Waals surface area contributed by atoms with Crippen LogP contribution in [0.2, 0.25) is 0 Å². The Morgan fingerprint density at radius 3 is 2.80 bits per heavy atom. The Morgan fingerprint density at radius 2 is 2.27 bits per heavy atom. The minimum atomic E-state index is -0.715. The average molecular weight is 208 g/mol. The van der Waals surface area contributed by atoms with Crippen LogP contribution in [0.4, 0.5) is 5.69 Å². The van der Waals surface area contributed by atoms with Crippen molar-refractivity contribution in [3.05, 3.63) is 30.0 Å². The number of pyridine rings is 1. The fourth-order valence-electron chi connectivity index (χ4n) is 1.28. The van der Waals surface area contributed by atoms with Crippen LogP contribution in [0.15, 0.2) is 24.3 Å². The van der Waals surface area contributed by atoms with Gasteiger partial charge in [0.15, 0.2) is 0 Å². The number of aromatic nitrogens is 1. The Kier molecular flexibility index (Phi) is 4.12. The van der Waals surface area contributed by atoms with Crippen LogP contribution in [0.1, 0.15) is 18.7 Å². The molecule has 15 heavy (non-hydrogen) atoms.